The van der Waals surface area contributed by atoms with Crippen LogP contribution in [-0.4, -0.2) is 26.6 Å². The van der Waals surface area contributed by atoms with Gasteiger partial charge in [-0.15, -0.1) is 0 Å². The maximum absolute atomic E-state index is 12.9. The van der Waals surface area contributed by atoms with Crippen molar-refractivity contribution in [2.75, 3.05) is 0 Å². The number of fused-ring (bicyclic) bond motifs is 1. The number of H-pyrrole nitrogens is 2. The Hall–Kier alpha value is -3.26. The van der Waals surface area contributed by atoms with Crippen molar-refractivity contribution < 1.29 is 14.0 Å². The average molecular weight is 465 g/mol. The third-order valence-electron chi connectivity index (χ3n) is 5.74. The minimum atomic E-state index is -0.208. The number of aromatic amines is 2. The van der Waals surface area contributed by atoms with Crippen molar-refractivity contribution in [2.24, 2.45) is 0 Å². The molecule has 33 heavy (non-hydrogen) atoms. The first-order chi connectivity index (χ1) is 16.1. The largest absolute Gasteiger partial charge is 0.346 e. The van der Waals surface area contributed by atoms with E-state index in [2.05, 4.69) is 20.3 Å². The quantitative estimate of drug-likeness (QED) is 0.212. The molecule has 0 saturated heterocycles. The molecular weight excluding hydrogens is 434 g/mol. The van der Waals surface area contributed by atoms with Gasteiger partial charge in [0, 0.05) is 18.2 Å². The summed E-state index contributed by atoms with van der Waals surface area (Å²) in [5.74, 6) is 1.02. The van der Waals surface area contributed by atoms with Gasteiger partial charge < -0.3 is 10.3 Å². The van der Waals surface area contributed by atoms with E-state index < -0.39 is 0 Å². The Morgan fingerprint density at radius 2 is 2.00 bits per heavy atom. The van der Waals surface area contributed by atoms with E-state index in [0.29, 0.717) is 18.6 Å². The first-order valence-corrected chi connectivity index (χ1v) is 12.4. The molecule has 0 aliphatic heterocycles. The Kier molecular flexibility index (Phi) is 7.67. The highest BCUT2D eigenvalue weighted by Crippen LogP contribution is 2.23. The summed E-state index contributed by atoms with van der Waals surface area (Å²) in [7, 11) is 0. The van der Waals surface area contributed by atoms with Crippen LogP contribution in [0.1, 0.15) is 63.0 Å². The SMILES string of the molecule is CCC(=O)CCCCC[C@H](NC(=O)Cc1c[n+]2ccsc2[nH]1)c1ncc(-c2ccccc2)[nH]1. The van der Waals surface area contributed by atoms with E-state index in [1.165, 1.54) is 0 Å². The maximum Gasteiger partial charge on any atom is 0.343 e. The van der Waals surface area contributed by atoms with Crippen LogP contribution in [0.4, 0.5) is 0 Å². The second-order valence-electron chi connectivity index (χ2n) is 8.23. The molecule has 0 fully saturated rings. The second kappa shape index (κ2) is 11.0. The lowest BCUT2D eigenvalue weighted by molar-refractivity contribution is -0.505. The summed E-state index contributed by atoms with van der Waals surface area (Å²) >= 11 is 1.60. The van der Waals surface area contributed by atoms with Crippen molar-refractivity contribution in [1.29, 1.82) is 0 Å². The first kappa shape index (κ1) is 22.9. The third kappa shape index (κ3) is 6.16. The molecule has 4 rings (SSSR count). The molecule has 3 heterocycles. The van der Waals surface area contributed by atoms with Crippen LogP contribution in [0.5, 0.6) is 0 Å². The molecule has 0 bridgehead atoms. The van der Waals surface area contributed by atoms with Crippen LogP contribution in [0, 0.1) is 0 Å². The zero-order valence-corrected chi connectivity index (χ0v) is 19.7. The van der Waals surface area contributed by atoms with Gasteiger partial charge in [0.2, 0.25) is 5.91 Å². The fourth-order valence-electron chi connectivity index (χ4n) is 3.91. The monoisotopic (exact) mass is 464 g/mol. The number of benzene rings is 1. The van der Waals surface area contributed by atoms with Crippen LogP contribution in [-0.2, 0) is 16.0 Å². The molecule has 8 heteroatoms. The Labute approximate surface area is 197 Å². The first-order valence-electron chi connectivity index (χ1n) is 11.5. The van der Waals surface area contributed by atoms with E-state index in [0.717, 1.165) is 53.4 Å². The van der Waals surface area contributed by atoms with Gasteiger partial charge in [0.15, 0.2) is 5.69 Å². The van der Waals surface area contributed by atoms with E-state index in [9.17, 15) is 9.59 Å². The van der Waals surface area contributed by atoms with Gasteiger partial charge in [-0.25, -0.2) is 9.97 Å². The lowest BCUT2D eigenvalue weighted by Crippen LogP contribution is -2.30. The molecule has 1 aromatic carbocycles. The van der Waals surface area contributed by atoms with Gasteiger partial charge in [-0.1, -0.05) is 61.4 Å². The van der Waals surface area contributed by atoms with Crippen LogP contribution in [0.2, 0.25) is 0 Å². The van der Waals surface area contributed by atoms with Gasteiger partial charge in [0.1, 0.15) is 24.0 Å². The van der Waals surface area contributed by atoms with Crippen molar-refractivity contribution in [1.82, 2.24) is 20.3 Å². The van der Waals surface area contributed by atoms with Crippen LogP contribution in [0.3, 0.4) is 0 Å². The van der Waals surface area contributed by atoms with Gasteiger partial charge in [-0.2, -0.15) is 4.40 Å². The standard InChI is InChI=1S/C25H29N5O2S/c1-2-20(31)11-7-4-8-12-21(24-26-16-22(29-24)18-9-5-3-6-10-18)28-23(32)15-19-17-30-13-14-33-25(30)27-19/h3,5-6,9-10,13-14,16-17,21H,2,4,7-8,11-12,15H2,1H3,(H2,26,28,29,32)/p+1/t21-/m0/s1. The number of unbranched alkanes of at least 4 members (excludes halogenated alkanes) is 2. The molecular formula is C25H30N5O2S+. The number of Topliss-reactive ketones (excluding diaryl/α,β-unsaturated/α-hetero) is 1. The number of rotatable bonds is 12. The van der Waals surface area contributed by atoms with E-state index in [1.54, 1.807) is 11.3 Å². The Bertz CT molecular complexity index is 1170. The summed E-state index contributed by atoms with van der Waals surface area (Å²) in [6.45, 7) is 1.90. The number of hydrogen-bond donors (Lipinski definition) is 3. The lowest BCUT2D eigenvalue weighted by atomic mass is 10.0. The molecule has 0 radical (unpaired) electrons. The van der Waals surface area contributed by atoms with Crippen LogP contribution >= 0.6 is 11.3 Å². The lowest BCUT2D eigenvalue weighted by Gasteiger charge is -2.16. The summed E-state index contributed by atoms with van der Waals surface area (Å²) < 4.78 is 1.99. The molecule has 0 saturated carbocycles. The zero-order chi connectivity index (χ0) is 23.0. The van der Waals surface area contributed by atoms with E-state index in [-0.39, 0.29) is 18.4 Å². The van der Waals surface area contributed by atoms with E-state index in [1.807, 2.05) is 65.6 Å². The van der Waals surface area contributed by atoms with Crippen molar-refractivity contribution >= 4 is 28.0 Å². The molecule has 3 N–H and O–H groups in total. The predicted octanol–water partition coefficient (Wildman–Crippen LogP) is 4.53. The highest BCUT2D eigenvalue weighted by Gasteiger charge is 2.20. The Morgan fingerprint density at radius 1 is 1.15 bits per heavy atom. The van der Waals surface area contributed by atoms with Crippen LogP contribution < -0.4 is 9.72 Å². The summed E-state index contributed by atoms with van der Waals surface area (Å²) in [6, 6.07) is 9.82. The number of hydrogen-bond acceptors (Lipinski definition) is 4. The summed E-state index contributed by atoms with van der Waals surface area (Å²) in [5.41, 5.74) is 2.86. The number of aromatic nitrogens is 4. The molecule has 4 aromatic rings. The summed E-state index contributed by atoms with van der Waals surface area (Å²) in [4.78, 5) is 36.7. The predicted molar refractivity (Wildman–Crippen MR) is 129 cm³/mol. The van der Waals surface area contributed by atoms with Gasteiger partial charge >= 0.3 is 4.96 Å². The summed E-state index contributed by atoms with van der Waals surface area (Å²) in [6.07, 6.45) is 10.8. The maximum atomic E-state index is 12.9. The summed E-state index contributed by atoms with van der Waals surface area (Å²) in [5, 5.41) is 5.17. The minimum Gasteiger partial charge on any atom is -0.346 e. The number of nitrogens with one attached hydrogen (secondary N) is 3. The van der Waals surface area contributed by atoms with Gasteiger partial charge in [-0.05, 0) is 18.4 Å². The number of ketones is 1. The molecule has 7 nitrogen and oxygen atoms in total. The molecule has 0 unspecified atom stereocenters. The van der Waals surface area contributed by atoms with E-state index in [4.69, 9.17) is 0 Å². The molecule has 172 valence electrons. The Balaban J connectivity index is 1.41. The number of carbonyl (C=O) groups is 2. The number of thiazole rings is 1. The normalized spacial score (nSPS) is 12.2. The van der Waals surface area contributed by atoms with Gasteiger partial charge in [0.05, 0.1) is 24.4 Å². The molecule has 1 atom stereocenters. The highest BCUT2D eigenvalue weighted by atomic mass is 32.1. The fraction of sp³-hybridized carbons (Fsp3) is 0.360. The zero-order valence-electron chi connectivity index (χ0n) is 18.8. The number of carbonyl (C=O) groups excluding carboxylic acids is 2. The van der Waals surface area contributed by atoms with Gasteiger partial charge in [0.25, 0.3) is 0 Å². The van der Waals surface area contributed by atoms with Crippen LogP contribution in [0.25, 0.3) is 16.2 Å². The van der Waals surface area contributed by atoms with Crippen molar-refractivity contribution in [3.05, 3.63) is 65.8 Å². The van der Waals surface area contributed by atoms with Crippen molar-refractivity contribution in [3.8, 4) is 11.3 Å². The molecule has 1 amide bonds. The van der Waals surface area contributed by atoms with Crippen LogP contribution in [0.15, 0.2) is 54.3 Å². The topological polar surface area (TPSA) is 94.7 Å². The molecule has 3 aromatic heterocycles. The van der Waals surface area contributed by atoms with E-state index >= 15 is 0 Å². The van der Waals surface area contributed by atoms with Crippen molar-refractivity contribution in [2.45, 2.75) is 57.9 Å². The highest BCUT2D eigenvalue weighted by molar-refractivity contribution is 7.14. The third-order valence-corrected chi connectivity index (χ3v) is 6.53. The smallest absolute Gasteiger partial charge is 0.343 e. The Morgan fingerprint density at radius 3 is 2.79 bits per heavy atom. The molecule has 0 spiro atoms. The molecule has 0 aliphatic carbocycles. The average Bonchev–Trinajstić information content (AvgIpc) is 3.55. The van der Waals surface area contributed by atoms with Gasteiger partial charge in [-0.3, -0.25) is 9.59 Å². The number of amides is 1. The number of imidazole rings is 2. The molecule has 0 aliphatic rings. The fourth-order valence-corrected chi connectivity index (χ4v) is 4.66. The minimum absolute atomic E-state index is 0.0478. The van der Waals surface area contributed by atoms with Crippen molar-refractivity contribution in [3.63, 3.8) is 0 Å². The number of nitrogens with zero attached hydrogens (tertiary/aromatic N) is 2. The second-order valence-corrected chi connectivity index (χ2v) is 9.13.